The quantitative estimate of drug-likeness (QED) is 0.149. The lowest BCUT2D eigenvalue weighted by atomic mass is 9.38. The molecular weight excluding hydrogens is 623 g/mol. The molecule has 0 nitrogen and oxygen atoms in total. The van der Waals surface area contributed by atoms with Crippen molar-refractivity contribution in [2.24, 2.45) is 0 Å². The third-order valence-electron chi connectivity index (χ3n) is 10.9. The van der Waals surface area contributed by atoms with Crippen LogP contribution in [-0.2, 0) is 0 Å². The maximum absolute atomic E-state index is 3.99. The smallest absolute Gasteiger partial charge is 0.0984 e. The van der Waals surface area contributed by atoms with E-state index in [1.54, 1.807) is 0 Å². The van der Waals surface area contributed by atoms with Crippen molar-refractivity contribution in [3.05, 3.63) is 200 Å². The molecule has 244 valence electrons. The van der Waals surface area contributed by atoms with E-state index in [1.807, 2.05) is 12.2 Å². The van der Waals surface area contributed by atoms with Crippen LogP contribution in [0.2, 0.25) is 0 Å². The lowest BCUT2D eigenvalue weighted by Gasteiger charge is -2.21. The van der Waals surface area contributed by atoms with Crippen LogP contribution >= 0.6 is 0 Å². The molecule has 0 atom stereocenters. The fourth-order valence-corrected chi connectivity index (χ4v) is 8.25. The van der Waals surface area contributed by atoms with E-state index in [0.717, 1.165) is 11.1 Å². The molecule has 0 amide bonds. The Morgan fingerprint density at radius 2 is 1.00 bits per heavy atom. The topological polar surface area (TPSA) is 0 Å². The van der Waals surface area contributed by atoms with Crippen LogP contribution in [-0.4, -0.2) is 6.71 Å². The highest BCUT2D eigenvalue weighted by atomic mass is 14.2. The fraction of sp³-hybridized carbons (Fsp3) is 0.0196. The summed E-state index contributed by atoms with van der Waals surface area (Å²) in [6.07, 6.45) is 3.77. The molecule has 1 heteroatoms. The molecule has 0 fully saturated rings. The first-order valence-corrected chi connectivity index (χ1v) is 18.0. The van der Waals surface area contributed by atoms with Crippen LogP contribution in [0.1, 0.15) is 16.7 Å². The summed E-state index contributed by atoms with van der Waals surface area (Å²) in [7, 11) is 0. The van der Waals surface area contributed by atoms with Gasteiger partial charge in [-0.05, 0) is 102 Å². The van der Waals surface area contributed by atoms with Gasteiger partial charge in [-0.15, -0.1) is 0 Å². The molecule has 0 saturated heterocycles. The molecule has 0 radical (unpaired) electrons. The molecule has 52 heavy (non-hydrogen) atoms. The van der Waals surface area contributed by atoms with Gasteiger partial charge >= 0.3 is 0 Å². The Morgan fingerprint density at radius 3 is 1.73 bits per heavy atom. The maximum Gasteiger partial charge on any atom is 0.243 e. The van der Waals surface area contributed by atoms with E-state index in [0.29, 0.717) is 0 Å². The van der Waals surface area contributed by atoms with Gasteiger partial charge in [-0.1, -0.05) is 199 Å². The highest BCUT2D eigenvalue weighted by Crippen LogP contribution is 2.39. The zero-order valence-electron chi connectivity index (χ0n) is 29.3. The van der Waals surface area contributed by atoms with Gasteiger partial charge in [0.25, 0.3) is 0 Å². The predicted molar refractivity (Wildman–Crippen MR) is 227 cm³/mol. The van der Waals surface area contributed by atoms with Crippen molar-refractivity contribution in [3.63, 3.8) is 0 Å². The van der Waals surface area contributed by atoms with Crippen LogP contribution in [0.5, 0.6) is 0 Å². The summed E-state index contributed by atoms with van der Waals surface area (Å²) in [5.41, 5.74) is 20.1. The van der Waals surface area contributed by atoms with E-state index in [4.69, 9.17) is 0 Å². The second kappa shape index (κ2) is 13.0. The Kier molecular flexibility index (Phi) is 7.90. The van der Waals surface area contributed by atoms with Gasteiger partial charge in [-0.2, -0.15) is 0 Å². The molecule has 8 aromatic rings. The molecule has 0 spiro atoms. The lowest BCUT2D eigenvalue weighted by Crippen LogP contribution is -2.49. The van der Waals surface area contributed by atoms with E-state index in [2.05, 4.69) is 190 Å². The minimum atomic E-state index is 0.102. The van der Waals surface area contributed by atoms with Crippen LogP contribution in [0, 0.1) is 6.92 Å². The number of fused-ring (bicyclic) bond motifs is 4. The molecule has 0 saturated carbocycles. The molecule has 0 unspecified atom stereocenters. The molecule has 0 aliphatic carbocycles. The zero-order chi connectivity index (χ0) is 35.2. The Labute approximate surface area is 307 Å². The average Bonchev–Trinajstić information content (AvgIpc) is 3.55. The van der Waals surface area contributed by atoms with E-state index in [-0.39, 0.29) is 6.71 Å². The average molecular weight is 661 g/mol. The van der Waals surface area contributed by atoms with Crippen molar-refractivity contribution in [2.75, 3.05) is 0 Å². The number of benzene rings is 8. The summed E-state index contributed by atoms with van der Waals surface area (Å²) in [5, 5.41) is 2.51. The monoisotopic (exact) mass is 660 g/mol. The largest absolute Gasteiger partial charge is 0.243 e. The SMILES string of the molecule is C=Cc1ccc(-c2ccc(-c3ccc(B4c5ccccc5-c5ccc(-c6ccccc6C)c(-c6ccc7ccccc7c6)c54)cc3)cc2)cc1C=C. The van der Waals surface area contributed by atoms with E-state index >= 15 is 0 Å². The highest BCUT2D eigenvalue weighted by molar-refractivity contribution is 7.00. The van der Waals surface area contributed by atoms with Crippen molar-refractivity contribution < 1.29 is 0 Å². The van der Waals surface area contributed by atoms with Crippen LogP contribution in [0.25, 0.3) is 78.6 Å². The molecule has 1 heterocycles. The fourth-order valence-electron chi connectivity index (χ4n) is 8.25. The summed E-state index contributed by atoms with van der Waals surface area (Å²) >= 11 is 0. The van der Waals surface area contributed by atoms with Gasteiger partial charge in [0.2, 0.25) is 6.71 Å². The van der Waals surface area contributed by atoms with Gasteiger partial charge in [-0.3, -0.25) is 0 Å². The first kappa shape index (κ1) is 31.5. The number of rotatable bonds is 7. The standard InChI is InChI=1S/C51H37B/c1-4-35-18-24-42(32-36(35)5-2)40-21-19-38(20-22-40)39-26-28-44(29-27-39)52-49-17-11-10-16-46(49)48-31-30-47(45-15-9-6-12-34(45)3)50(51(48)52)43-25-23-37-13-7-8-14-41(37)33-43/h4-33H,1-2H2,3H3. The van der Waals surface area contributed by atoms with Gasteiger partial charge in [0.1, 0.15) is 0 Å². The van der Waals surface area contributed by atoms with Crippen molar-refractivity contribution in [3.8, 4) is 55.6 Å². The van der Waals surface area contributed by atoms with Gasteiger partial charge in [0.15, 0.2) is 0 Å². The van der Waals surface area contributed by atoms with Crippen molar-refractivity contribution >= 4 is 46.0 Å². The van der Waals surface area contributed by atoms with Crippen molar-refractivity contribution in [1.29, 1.82) is 0 Å². The molecule has 1 aliphatic heterocycles. The maximum atomic E-state index is 3.99. The number of aryl methyl sites for hydroxylation is 1. The number of hydrogen-bond acceptors (Lipinski definition) is 0. The predicted octanol–water partition coefficient (Wildman–Crippen LogP) is 11.6. The molecule has 0 aromatic heterocycles. The van der Waals surface area contributed by atoms with Gasteiger partial charge in [0, 0.05) is 0 Å². The van der Waals surface area contributed by atoms with Crippen molar-refractivity contribution in [2.45, 2.75) is 6.92 Å². The van der Waals surface area contributed by atoms with Crippen LogP contribution < -0.4 is 16.4 Å². The Morgan fingerprint density at radius 1 is 0.423 bits per heavy atom. The van der Waals surface area contributed by atoms with Gasteiger partial charge < -0.3 is 0 Å². The summed E-state index contributed by atoms with van der Waals surface area (Å²) in [6, 6.07) is 62.7. The van der Waals surface area contributed by atoms with Crippen LogP contribution in [0.15, 0.2) is 183 Å². The summed E-state index contributed by atoms with van der Waals surface area (Å²) in [5.74, 6) is 0. The van der Waals surface area contributed by atoms with Gasteiger partial charge in [0.05, 0.1) is 0 Å². The van der Waals surface area contributed by atoms with Crippen molar-refractivity contribution in [1.82, 2.24) is 0 Å². The van der Waals surface area contributed by atoms with E-state index in [1.165, 1.54) is 88.4 Å². The lowest BCUT2D eigenvalue weighted by molar-refractivity contribution is 1.46. The molecule has 0 N–H and O–H groups in total. The van der Waals surface area contributed by atoms with E-state index in [9.17, 15) is 0 Å². The molecule has 1 aliphatic rings. The summed E-state index contributed by atoms with van der Waals surface area (Å²) < 4.78 is 0. The molecule has 9 rings (SSSR count). The number of hydrogen-bond donors (Lipinski definition) is 0. The molecule has 0 bridgehead atoms. The third kappa shape index (κ3) is 5.34. The first-order valence-electron chi connectivity index (χ1n) is 18.0. The molecule has 8 aromatic carbocycles. The first-order chi connectivity index (χ1) is 25.6. The zero-order valence-corrected chi connectivity index (χ0v) is 29.3. The highest BCUT2D eigenvalue weighted by Gasteiger charge is 2.36. The van der Waals surface area contributed by atoms with E-state index < -0.39 is 0 Å². The minimum Gasteiger partial charge on any atom is -0.0984 e. The second-order valence-electron chi connectivity index (χ2n) is 13.8. The van der Waals surface area contributed by atoms with Crippen LogP contribution in [0.4, 0.5) is 0 Å². The van der Waals surface area contributed by atoms with Crippen LogP contribution in [0.3, 0.4) is 0 Å². The molecular formula is C51H37B. The second-order valence-corrected chi connectivity index (χ2v) is 13.8. The Hall–Kier alpha value is -6.44. The summed E-state index contributed by atoms with van der Waals surface area (Å²) in [6.45, 7) is 10.3. The third-order valence-corrected chi connectivity index (χ3v) is 10.9. The minimum absolute atomic E-state index is 0.102. The normalized spacial score (nSPS) is 11.7. The van der Waals surface area contributed by atoms with Gasteiger partial charge in [-0.25, -0.2) is 0 Å². The summed E-state index contributed by atoms with van der Waals surface area (Å²) in [4.78, 5) is 0. The Bertz CT molecular complexity index is 2660. The Balaban J connectivity index is 1.16.